The van der Waals surface area contributed by atoms with Crippen molar-refractivity contribution < 1.29 is 18.7 Å². The van der Waals surface area contributed by atoms with E-state index in [4.69, 9.17) is 13.9 Å². The van der Waals surface area contributed by atoms with Gasteiger partial charge in [0.1, 0.15) is 22.3 Å². The number of hydrogen-bond donors (Lipinski definition) is 1. The second kappa shape index (κ2) is 7.43. The number of hydrogen-bond acceptors (Lipinski definition) is 7. The molecule has 0 saturated heterocycles. The Kier molecular flexibility index (Phi) is 4.82. The number of rotatable bonds is 6. The molecule has 1 amide bonds. The number of methoxy groups -OCH3 is 2. The fraction of sp³-hybridized carbons (Fsp3) is 0.211. The van der Waals surface area contributed by atoms with E-state index in [9.17, 15) is 4.79 Å². The lowest BCUT2D eigenvalue weighted by Crippen LogP contribution is -2.15. The van der Waals surface area contributed by atoms with Gasteiger partial charge in [0.15, 0.2) is 5.58 Å². The topological polar surface area (TPSA) is 90.9 Å². The minimum absolute atomic E-state index is 0.176. The van der Waals surface area contributed by atoms with Crippen LogP contribution in [0.2, 0.25) is 0 Å². The van der Waals surface area contributed by atoms with Crippen LogP contribution < -0.4 is 14.8 Å². The zero-order valence-corrected chi connectivity index (χ0v) is 16.4. The first-order chi connectivity index (χ1) is 13.6. The van der Waals surface area contributed by atoms with E-state index in [1.54, 1.807) is 38.7 Å². The molecule has 0 unspecified atom stereocenters. The summed E-state index contributed by atoms with van der Waals surface area (Å²) < 4.78 is 17.9. The number of benzene rings is 1. The second-order valence-electron chi connectivity index (χ2n) is 5.99. The van der Waals surface area contributed by atoms with Gasteiger partial charge in [-0.05, 0) is 19.1 Å². The molecular formula is C19H18N4O4S. The lowest BCUT2D eigenvalue weighted by atomic mass is 10.2. The zero-order chi connectivity index (χ0) is 19.7. The highest BCUT2D eigenvalue weighted by atomic mass is 32.2. The van der Waals surface area contributed by atoms with E-state index < -0.39 is 0 Å². The van der Waals surface area contributed by atoms with Gasteiger partial charge in [0.05, 0.1) is 43.0 Å². The summed E-state index contributed by atoms with van der Waals surface area (Å²) >= 11 is 1.31. The zero-order valence-electron chi connectivity index (χ0n) is 15.6. The Morgan fingerprint density at radius 2 is 2.04 bits per heavy atom. The number of amides is 1. The molecule has 0 aliphatic rings. The minimum Gasteiger partial charge on any atom is -0.497 e. The highest BCUT2D eigenvalue weighted by molar-refractivity contribution is 8.00. The molecule has 144 valence electrons. The molecular weight excluding hydrogens is 380 g/mol. The normalized spacial score (nSPS) is 11.1. The Labute approximate surface area is 164 Å². The number of furan rings is 1. The SMILES string of the molecule is COc1ccc(NC(=O)CSc2nnc(C)n3c2cc2occc23)c(OC)c1. The largest absolute Gasteiger partial charge is 0.497 e. The van der Waals surface area contributed by atoms with E-state index in [1.807, 2.05) is 23.5 Å². The predicted molar refractivity (Wildman–Crippen MR) is 106 cm³/mol. The number of aromatic nitrogens is 3. The molecule has 9 heteroatoms. The number of thioether (sulfide) groups is 1. The van der Waals surface area contributed by atoms with Crippen molar-refractivity contribution in [2.24, 2.45) is 0 Å². The van der Waals surface area contributed by atoms with Gasteiger partial charge in [0.25, 0.3) is 0 Å². The van der Waals surface area contributed by atoms with Gasteiger partial charge in [-0.15, -0.1) is 10.2 Å². The lowest BCUT2D eigenvalue weighted by molar-refractivity contribution is -0.113. The molecule has 0 bridgehead atoms. The number of ether oxygens (including phenoxy) is 2. The summed E-state index contributed by atoms with van der Waals surface area (Å²) in [4.78, 5) is 12.4. The lowest BCUT2D eigenvalue weighted by Gasteiger charge is -2.11. The maximum Gasteiger partial charge on any atom is 0.234 e. The van der Waals surface area contributed by atoms with E-state index in [1.165, 1.54) is 11.8 Å². The van der Waals surface area contributed by atoms with Gasteiger partial charge in [0, 0.05) is 18.2 Å². The fourth-order valence-corrected chi connectivity index (χ4v) is 3.71. The van der Waals surface area contributed by atoms with Crippen LogP contribution >= 0.6 is 11.8 Å². The molecule has 0 atom stereocenters. The van der Waals surface area contributed by atoms with Crippen LogP contribution in [0.3, 0.4) is 0 Å². The molecule has 8 nitrogen and oxygen atoms in total. The monoisotopic (exact) mass is 398 g/mol. The first-order valence-electron chi connectivity index (χ1n) is 8.47. The Bertz CT molecular complexity index is 1170. The smallest absolute Gasteiger partial charge is 0.234 e. The fourth-order valence-electron chi connectivity index (χ4n) is 2.97. The first kappa shape index (κ1) is 18.2. The van der Waals surface area contributed by atoms with Gasteiger partial charge in [-0.2, -0.15) is 0 Å². The Morgan fingerprint density at radius 1 is 1.18 bits per heavy atom. The summed E-state index contributed by atoms with van der Waals surface area (Å²) in [7, 11) is 3.12. The van der Waals surface area contributed by atoms with Crippen molar-refractivity contribution in [3.63, 3.8) is 0 Å². The predicted octanol–water partition coefficient (Wildman–Crippen LogP) is 3.53. The van der Waals surface area contributed by atoms with Crippen molar-refractivity contribution in [1.29, 1.82) is 0 Å². The summed E-state index contributed by atoms with van der Waals surface area (Å²) in [5.41, 5.74) is 3.12. The molecule has 0 spiro atoms. The quantitative estimate of drug-likeness (QED) is 0.497. The molecule has 0 saturated carbocycles. The number of carbonyl (C=O) groups is 1. The van der Waals surface area contributed by atoms with Gasteiger partial charge >= 0.3 is 0 Å². The highest BCUT2D eigenvalue weighted by Crippen LogP contribution is 2.31. The third-order valence-electron chi connectivity index (χ3n) is 4.27. The van der Waals surface area contributed by atoms with E-state index in [-0.39, 0.29) is 11.7 Å². The number of nitrogens with zero attached hydrogens (tertiary/aromatic N) is 3. The van der Waals surface area contributed by atoms with Crippen LogP contribution in [-0.2, 0) is 4.79 Å². The van der Waals surface area contributed by atoms with Crippen LogP contribution in [-0.4, -0.2) is 40.5 Å². The van der Waals surface area contributed by atoms with Crippen LogP contribution in [0.5, 0.6) is 11.5 Å². The average molecular weight is 398 g/mol. The molecule has 1 aromatic carbocycles. The van der Waals surface area contributed by atoms with Crippen LogP contribution in [0.4, 0.5) is 5.69 Å². The van der Waals surface area contributed by atoms with Crippen LogP contribution in [0.15, 0.2) is 46.0 Å². The molecule has 4 rings (SSSR count). The van der Waals surface area contributed by atoms with Crippen molar-refractivity contribution in [3.05, 3.63) is 42.4 Å². The molecule has 1 N–H and O–H groups in total. The summed E-state index contributed by atoms with van der Waals surface area (Å²) in [6.45, 7) is 1.88. The minimum atomic E-state index is -0.177. The maximum absolute atomic E-state index is 12.4. The second-order valence-corrected chi connectivity index (χ2v) is 6.95. The van der Waals surface area contributed by atoms with E-state index >= 15 is 0 Å². The Hall–Kier alpha value is -3.20. The summed E-state index contributed by atoms with van der Waals surface area (Å²) in [6, 6.07) is 9.01. The first-order valence-corrected chi connectivity index (χ1v) is 9.46. The standard InChI is InChI=1S/C19H18N4O4S/c1-11-21-22-19(15-9-17-14(23(11)15)6-7-27-17)28-10-18(24)20-13-5-4-12(25-2)8-16(13)26-3/h4-9H,10H2,1-3H3,(H,20,24). The molecule has 0 aliphatic carbocycles. The van der Waals surface area contributed by atoms with Crippen molar-refractivity contribution in [1.82, 2.24) is 14.6 Å². The van der Waals surface area contributed by atoms with Crippen molar-refractivity contribution in [2.45, 2.75) is 11.9 Å². The van der Waals surface area contributed by atoms with Gasteiger partial charge in [-0.3, -0.25) is 9.20 Å². The molecule has 3 aromatic heterocycles. The molecule has 4 aromatic rings. The number of fused-ring (bicyclic) bond motifs is 3. The number of carbonyl (C=O) groups excluding carboxylic acids is 1. The molecule has 3 heterocycles. The molecule has 0 radical (unpaired) electrons. The maximum atomic E-state index is 12.4. The summed E-state index contributed by atoms with van der Waals surface area (Å²) in [5, 5.41) is 12.0. The summed E-state index contributed by atoms with van der Waals surface area (Å²) in [5.74, 6) is 1.93. The van der Waals surface area contributed by atoms with Crippen molar-refractivity contribution in [3.8, 4) is 11.5 Å². The molecule has 28 heavy (non-hydrogen) atoms. The van der Waals surface area contributed by atoms with E-state index in [2.05, 4.69) is 15.5 Å². The number of nitrogens with one attached hydrogen (secondary N) is 1. The van der Waals surface area contributed by atoms with Crippen LogP contribution in [0, 0.1) is 6.92 Å². The average Bonchev–Trinajstić information content (AvgIpc) is 3.29. The van der Waals surface area contributed by atoms with Gasteiger partial charge in [-0.1, -0.05) is 11.8 Å². The number of aryl methyl sites for hydroxylation is 1. The Balaban J connectivity index is 1.52. The van der Waals surface area contributed by atoms with Gasteiger partial charge < -0.3 is 19.2 Å². The molecule has 0 aliphatic heterocycles. The van der Waals surface area contributed by atoms with E-state index in [0.29, 0.717) is 22.2 Å². The highest BCUT2D eigenvalue weighted by Gasteiger charge is 2.15. The van der Waals surface area contributed by atoms with Crippen molar-refractivity contribution in [2.75, 3.05) is 25.3 Å². The molecule has 0 fully saturated rings. The van der Waals surface area contributed by atoms with Gasteiger partial charge in [0.2, 0.25) is 5.91 Å². The van der Waals surface area contributed by atoms with Crippen molar-refractivity contribution >= 4 is 40.0 Å². The van der Waals surface area contributed by atoms with E-state index in [0.717, 1.165) is 22.4 Å². The van der Waals surface area contributed by atoms with Crippen LogP contribution in [0.25, 0.3) is 16.6 Å². The third-order valence-corrected chi connectivity index (χ3v) is 5.24. The number of anilines is 1. The van der Waals surface area contributed by atoms with Gasteiger partial charge in [-0.25, -0.2) is 0 Å². The third kappa shape index (κ3) is 3.24. The summed E-state index contributed by atoms with van der Waals surface area (Å²) in [6.07, 6.45) is 1.64. The Morgan fingerprint density at radius 3 is 2.82 bits per heavy atom. The van der Waals surface area contributed by atoms with Crippen LogP contribution in [0.1, 0.15) is 5.82 Å².